The summed E-state index contributed by atoms with van der Waals surface area (Å²) in [4.78, 5) is 28.2. The molecule has 7 aromatic heterocycles. The Morgan fingerprint density at radius 1 is 0.714 bits per heavy atom. The van der Waals surface area contributed by atoms with Gasteiger partial charge in [-0.15, -0.1) is 22.7 Å². The second-order valence-corrected chi connectivity index (χ2v) is 11.9. The zero-order chi connectivity index (χ0) is 33.9. The molecule has 0 aliphatic carbocycles. The van der Waals surface area contributed by atoms with Crippen LogP contribution in [0.3, 0.4) is 0 Å². The number of benzene rings is 1. The molecule has 9 nitrogen and oxygen atoms in total. The van der Waals surface area contributed by atoms with E-state index in [2.05, 4.69) is 91.8 Å². The molecular formula is C35H21N7O2RuS4. The van der Waals surface area contributed by atoms with Gasteiger partial charge in [0.25, 0.3) is 0 Å². The molecule has 0 unspecified atom stereocenters. The largest absolute Gasteiger partial charge is 2.00 e. The van der Waals surface area contributed by atoms with Gasteiger partial charge >= 0.3 is 25.4 Å². The summed E-state index contributed by atoms with van der Waals surface area (Å²) in [6.07, 6.45) is 6.82. The van der Waals surface area contributed by atoms with E-state index in [0.717, 1.165) is 16.9 Å². The van der Waals surface area contributed by atoms with E-state index in [9.17, 15) is 4.79 Å². The normalized spacial score (nSPS) is 9.80. The monoisotopic (exact) mass is 801 g/mol. The Morgan fingerprint density at radius 3 is 2.00 bits per heavy atom. The van der Waals surface area contributed by atoms with Crippen LogP contribution in [0.5, 0.6) is 0 Å². The average molecular weight is 801 g/mol. The van der Waals surface area contributed by atoms with Crippen LogP contribution in [0.25, 0.3) is 69.8 Å². The van der Waals surface area contributed by atoms with Crippen LogP contribution in [0.1, 0.15) is 10.4 Å². The Bertz CT molecular complexity index is 2360. The average Bonchev–Trinajstić information content (AvgIpc) is 3.83. The predicted octanol–water partition coefficient (Wildman–Crippen LogP) is 9.67. The van der Waals surface area contributed by atoms with E-state index < -0.39 is 5.97 Å². The van der Waals surface area contributed by atoms with Crippen LogP contribution in [-0.4, -0.2) is 45.9 Å². The number of fused-ring (bicyclic) bond motifs is 4. The molecule has 0 radical (unpaired) electrons. The Kier molecular flexibility index (Phi) is 13.5. The summed E-state index contributed by atoms with van der Waals surface area (Å²) in [6, 6.07) is 29.5. The van der Waals surface area contributed by atoms with Crippen LogP contribution >= 0.6 is 47.1 Å². The molecule has 0 spiro atoms. The summed E-state index contributed by atoms with van der Waals surface area (Å²) < 4.78 is 4.99. The fourth-order valence-electron chi connectivity index (χ4n) is 4.91. The van der Waals surface area contributed by atoms with Gasteiger partial charge in [0, 0.05) is 45.0 Å². The molecule has 0 fully saturated rings. The maximum Gasteiger partial charge on any atom is 2.00 e. The number of thiocarbonyl (C=S) groups is 2. The van der Waals surface area contributed by atoms with Gasteiger partial charge in [0.1, 0.15) is 10.7 Å². The van der Waals surface area contributed by atoms with Crippen LogP contribution in [0.2, 0.25) is 0 Å². The maximum atomic E-state index is 10.7. The molecule has 14 heteroatoms. The Labute approximate surface area is 311 Å². The van der Waals surface area contributed by atoms with Crippen molar-refractivity contribution >= 4 is 94.6 Å². The summed E-state index contributed by atoms with van der Waals surface area (Å²) >= 11 is 11.0. The van der Waals surface area contributed by atoms with Crippen molar-refractivity contribution in [2.45, 2.75) is 0 Å². The molecule has 0 bridgehead atoms. The first-order chi connectivity index (χ1) is 23.5. The van der Waals surface area contributed by atoms with Gasteiger partial charge in [0.2, 0.25) is 0 Å². The molecule has 1 aromatic carbocycles. The van der Waals surface area contributed by atoms with Crippen molar-refractivity contribution in [1.82, 2.24) is 24.5 Å². The van der Waals surface area contributed by atoms with E-state index in [1.807, 2.05) is 48.0 Å². The van der Waals surface area contributed by atoms with Crippen LogP contribution in [-0.2, 0) is 19.5 Å². The minimum atomic E-state index is -0.963. The molecule has 0 atom stereocenters. The van der Waals surface area contributed by atoms with Crippen molar-refractivity contribution in [2.75, 3.05) is 0 Å². The van der Waals surface area contributed by atoms with Crippen molar-refractivity contribution < 1.29 is 29.4 Å². The number of carbonyl (C=O) groups is 1. The van der Waals surface area contributed by atoms with Gasteiger partial charge in [-0.1, -0.05) is 54.8 Å². The summed E-state index contributed by atoms with van der Waals surface area (Å²) in [5.74, 6) is -0.963. The zero-order valence-corrected chi connectivity index (χ0v) is 30.0. The number of pyridine rings is 4. The second kappa shape index (κ2) is 17.9. The van der Waals surface area contributed by atoms with Crippen molar-refractivity contribution in [3.05, 3.63) is 138 Å². The molecule has 7 heterocycles. The Balaban J connectivity index is 0.000000209. The number of carboxylic acids is 1. The number of nitrogens with zero attached hydrogens (tertiary/aromatic N) is 7. The fourth-order valence-corrected chi connectivity index (χ4v) is 7.04. The second-order valence-electron chi connectivity index (χ2n) is 9.49. The molecule has 49 heavy (non-hydrogen) atoms. The standard InChI is InChI=1S/C22H13N3S2.C11H8N2O2.2CNS.Ru/c1-2-7-17-14(5-1)15-8-11-24-21(16-6-3-4-10-23-16)22(15)25(17)20-13-19-18(27-20)9-12-26-19;14-11(15)8-4-6-13-10(7-8)9-3-1-2-5-12-9;2*2-1-3;/h1-13H;1-7H,(H,14,15);;;/q;;2*-1;+2. The Morgan fingerprint density at radius 2 is 1.35 bits per heavy atom. The van der Waals surface area contributed by atoms with Gasteiger partial charge in [0.05, 0.1) is 33.7 Å². The summed E-state index contributed by atoms with van der Waals surface area (Å²) in [7, 11) is 0. The molecule has 0 saturated carbocycles. The number of isothiocyanates is 2. The van der Waals surface area contributed by atoms with E-state index in [-0.39, 0.29) is 25.0 Å². The SMILES string of the molecule is O=C(O)c1ccnc(-c2ccccn2)c1.[N-]=C=S.[N-]=C=S.[Ru+2].c1ccc(-c2nccc3c4ccccc4n(-c4cc5sccc5s4)c23)nc1. The van der Waals surface area contributed by atoms with Crippen molar-refractivity contribution in [2.24, 2.45) is 0 Å². The third kappa shape index (κ3) is 8.53. The number of para-hydroxylation sites is 1. The first kappa shape index (κ1) is 36.8. The first-order valence-corrected chi connectivity index (χ1v) is 16.4. The van der Waals surface area contributed by atoms with Crippen molar-refractivity contribution in [3.8, 4) is 27.8 Å². The molecule has 8 aromatic rings. The number of thiophene rings is 2. The quantitative estimate of drug-likeness (QED) is 0.106. The first-order valence-electron chi connectivity index (χ1n) is 13.9. The van der Waals surface area contributed by atoms with Crippen LogP contribution < -0.4 is 0 Å². The van der Waals surface area contributed by atoms with Gasteiger partial charge in [-0.05, 0) is 66.0 Å². The third-order valence-corrected chi connectivity index (χ3v) is 8.85. The topological polar surface area (TPSA) is 138 Å². The number of aromatic nitrogens is 5. The smallest absolute Gasteiger partial charge is 0.753 e. The van der Waals surface area contributed by atoms with Gasteiger partial charge in [-0.25, -0.2) is 4.79 Å². The molecule has 0 saturated heterocycles. The van der Waals surface area contributed by atoms with E-state index in [1.165, 1.54) is 59.3 Å². The molecule has 0 aliphatic heterocycles. The van der Waals surface area contributed by atoms with E-state index in [1.54, 1.807) is 29.7 Å². The van der Waals surface area contributed by atoms with Gasteiger partial charge in [-0.3, -0.25) is 24.5 Å². The van der Waals surface area contributed by atoms with E-state index in [4.69, 9.17) is 20.9 Å². The van der Waals surface area contributed by atoms with Crippen molar-refractivity contribution in [3.63, 3.8) is 0 Å². The predicted molar refractivity (Wildman–Crippen MR) is 201 cm³/mol. The van der Waals surface area contributed by atoms with E-state index in [0.29, 0.717) is 11.4 Å². The minimum absolute atomic E-state index is 0. The molecule has 1 N–H and O–H groups in total. The van der Waals surface area contributed by atoms with Gasteiger partial charge in [-0.2, -0.15) is 10.3 Å². The summed E-state index contributed by atoms with van der Waals surface area (Å²) in [5, 5.41) is 31.6. The van der Waals surface area contributed by atoms with E-state index >= 15 is 0 Å². The fraction of sp³-hybridized carbons (Fsp3) is 0. The number of carboxylic acid groups (broad SMARTS) is 1. The maximum absolute atomic E-state index is 10.7. The van der Waals surface area contributed by atoms with Crippen LogP contribution in [0.15, 0.2) is 121 Å². The third-order valence-electron chi connectivity index (χ3n) is 6.77. The molecule has 0 aliphatic rings. The molecule has 240 valence electrons. The number of rotatable bonds is 4. The van der Waals surface area contributed by atoms with Crippen LogP contribution in [0, 0.1) is 0 Å². The summed E-state index contributed by atoms with van der Waals surface area (Å²) in [6.45, 7) is 0. The minimum Gasteiger partial charge on any atom is -0.753 e. The zero-order valence-electron chi connectivity index (χ0n) is 25.0. The van der Waals surface area contributed by atoms with Crippen molar-refractivity contribution in [1.29, 1.82) is 0 Å². The number of hydrogen-bond donors (Lipinski definition) is 1. The summed E-state index contributed by atoms with van der Waals surface area (Å²) in [5.41, 5.74) is 5.58. The number of hydrogen-bond acceptors (Lipinski definition) is 9. The Hall–Kier alpha value is -5.03. The number of aromatic carboxylic acids is 1. The molecule has 8 rings (SSSR count). The molecular weight excluding hydrogens is 780 g/mol. The van der Waals surface area contributed by atoms with Gasteiger partial charge < -0.3 is 15.9 Å². The van der Waals surface area contributed by atoms with Gasteiger partial charge in [0.15, 0.2) is 0 Å². The van der Waals surface area contributed by atoms with Crippen LogP contribution in [0.4, 0.5) is 0 Å². The molecule has 0 amide bonds.